The summed E-state index contributed by atoms with van der Waals surface area (Å²) in [6.45, 7) is 6.98. The average molecular weight is 438 g/mol. The van der Waals surface area contributed by atoms with Crippen LogP contribution in [0.1, 0.15) is 25.0 Å². The molecule has 1 aliphatic heterocycles. The largest absolute Gasteiger partial charge is 0.465 e. The number of hydrogen-bond acceptors (Lipinski definition) is 6. The minimum Gasteiger partial charge on any atom is -0.465 e. The van der Waals surface area contributed by atoms with E-state index in [2.05, 4.69) is 0 Å². The molecule has 2 aromatic rings. The van der Waals surface area contributed by atoms with Crippen molar-refractivity contribution in [1.82, 2.24) is 0 Å². The zero-order chi connectivity index (χ0) is 23.4. The molecule has 0 spiro atoms. The Hall–Kier alpha value is -3.68. The van der Waals surface area contributed by atoms with Gasteiger partial charge in [-0.1, -0.05) is 35.4 Å². The third kappa shape index (κ3) is 4.34. The van der Waals surface area contributed by atoms with Gasteiger partial charge < -0.3 is 9.47 Å². The monoisotopic (exact) mass is 438 g/mol. The minimum atomic E-state index is -1.62. The molecule has 0 N–H and O–H groups in total. The molecule has 3 amide bonds. The van der Waals surface area contributed by atoms with E-state index in [9.17, 15) is 19.2 Å². The van der Waals surface area contributed by atoms with Crippen molar-refractivity contribution >= 4 is 35.3 Å². The molecule has 1 aliphatic rings. The highest BCUT2D eigenvalue weighted by molar-refractivity contribution is 6.30. The number of nitrogens with zero attached hydrogens (tertiary/aromatic N) is 2. The zero-order valence-corrected chi connectivity index (χ0v) is 18.5. The van der Waals surface area contributed by atoms with Gasteiger partial charge in [-0.3, -0.25) is 19.3 Å². The first-order valence-electron chi connectivity index (χ1n) is 10.4. The summed E-state index contributed by atoms with van der Waals surface area (Å²) < 4.78 is 10.2. The van der Waals surface area contributed by atoms with Crippen molar-refractivity contribution in [3.8, 4) is 0 Å². The molecule has 0 saturated carbocycles. The highest BCUT2D eigenvalue weighted by atomic mass is 16.6. The van der Waals surface area contributed by atoms with Gasteiger partial charge in [0, 0.05) is 5.69 Å². The molecule has 32 heavy (non-hydrogen) atoms. The molecule has 8 nitrogen and oxygen atoms in total. The van der Waals surface area contributed by atoms with Gasteiger partial charge in [-0.15, -0.1) is 0 Å². The number of amides is 3. The van der Waals surface area contributed by atoms with E-state index in [0.29, 0.717) is 11.4 Å². The first kappa shape index (κ1) is 23.0. The fourth-order valence-corrected chi connectivity index (χ4v) is 3.58. The van der Waals surface area contributed by atoms with Crippen LogP contribution in [0.15, 0.2) is 48.5 Å². The maximum absolute atomic E-state index is 13.6. The number of carbonyl (C=O) groups excluding carboxylic acids is 4. The zero-order valence-electron chi connectivity index (χ0n) is 18.5. The smallest absolute Gasteiger partial charge is 0.336 e. The first-order chi connectivity index (χ1) is 15.3. The quantitative estimate of drug-likeness (QED) is 0.374. The second-order valence-corrected chi connectivity index (χ2v) is 7.42. The summed E-state index contributed by atoms with van der Waals surface area (Å²) in [5.74, 6) is -4.16. The SMILES string of the molecule is CCOC(=O)C(C(=O)OCC)C1C(=O)N(c2ccc(C)cc2)C(=O)N1c1ccc(C)cc1. The van der Waals surface area contributed by atoms with E-state index < -0.39 is 35.8 Å². The number of esters is 2. The molecular formula is C24H26N2O6. The van der Waals surface area contributed by atoms with E-state index in [1.54, 1.807) is 62.4 Å². The summed E-state index contributed by atoms with van der Waals surface area (Å²) in [4.78, 5) is 54.8. The number of anilines is 2. The molecule has 168 valence electrons. The summed E-state index contributed by atoms with van der Waals surface area (Å²) in [7, 11) is 0. The molecule has 3 rings (SSSR count). The van der Waals surface area contributed by atoms with Crippen LogP contribution in [0.5, 0.6) is 0 Å². The van der Waals surface area contributed by atoms with Crippen molar-refractivity contribution in [3.05, 3.63) is 59.7 Å². The third-order valence-electron chi connectivity index (χ3n) is 5.15. The van der Waals surface area contributed by atoms with Gasteiger partial charge in [-0.05, 0) is 52.0 Å². The topological polar surface area (TPSA) is 93.2 Å². The average Bonchev–Trinajstić information content (AvgIpc) is 3.00. The Labute approximate surface area is 186 Å². The number of aryl methyl sites for hydroxylation is 2. The predicted octanol–water partition coefficient (Wildman–Crippen LogP) is 3.39. The summed E-state index contributed by atoms with van der Waals surface area (Å²) in [5.41, 5.74) is 2.63. The predicted molar refractivity (Wildman–Crippen MR) is 118 cm³/mol. The molecular weight excluding hydrogens is 412 g/mol. The molecule has 0 aliphatic carbocycles. The number of imide groups is 1. The van der Waals surface area contributed by atoms with Crippen molar-refractivity contribution < 1.29 is 28.7 Å². The summed E-state index contributed by atoms with van der Waals surface area (Å²) in [6.07, 6.45) is 0. The van der Waals surface area contributed by atoms with Gasteiger partial charge in [0.25, 0.3) is 5.91 Å². The second kappa shape index (κ2) is 9.64. The lowest BCUT2D eigenvalue weighted by molar-refractivity contribution is -0.163. The molecule has 1 unspecified atom stereocenters. The van der Waals surface area contributed by atoms with Crippen LogP contribution in [0.25, 0.3) is 0 Å². The lowest BCUT2D eigenvalue weighted by Gasteiger charge is -2.26. The van der Waals surface area contributed by atoms with E-state index in [1.807, 2.05) is 13.8 Å². The second-order valence-electron chi connectivity index (χ2n) is 7.42. The van der Waals surface area contributed by atoms with Gasteiger partial charge in [0.05, 0.1) is 18.9 Å². The number of ether oxygens (including phenoxy) is 2. The fraction of sp³-hybridized carbons (Fsp3) is 0.333. The number of benzene rings is 2. The highest BCUT2D eigenvalue weighted by Crippen LogP contribution is 2.34. The summed E-state index contributed by atoms with van der Waals surface area (Å²) >= 11 is 0. The maximum Gasteiger partial charge on any atom is 0.336 e. The molecule has 0 radical (unpaired) electrons. The standard InChI is InChI=1S/C24H26N2O6/c1-5-31-22(28)19(23(29)32-6-2)20-21(27)26(18-13-9-16(4)10-14-18)24(30)25(20)17-11-7-15(3)8-12-17/h7-14,19-20H,5-6H2,1-4H3. The maximum atomic E-state index is 13.6. The Morgan fingerprint density at radius 3 is 1.69 bits per heavy atom. The van der Waals surface area contributed by atoms with Crippen molar-refractivity contribution in [3.63, 3.8) is 0 Å². The van der Waals surface area contributed by atoms with E-state index in [4.69, 9.17) is 9.47 Å². The molecule has 1 saturated heterocycles. The highest BCUT2D eigenvalue weighted by Gasteiger charge is 2.55. The van der Waals surface area contributed by atoms with Gasteiger partial charge in [0.15, 0.2) is 5.92 Å². The normalized spacial score (nSPS) is 16.0. The van der Waals surface area contributed by atoms with Crippen LogP contribution in [0.4, 0.5) is 16.2 Å². The molecule has 1 atom stereocenters. The Morgan fingerprint density at radius 2 is 1.25 bits per heavy atom. The molecule has 0 bridgehead atoms. The van der Waals surface area contributed by atoms with Gasteiger partial charge in [0.2, 0.25) is 0 Å². The third-order valence-corrected chi connectivity index (χ3v) is 5.15. The van der Waals surface area contributed by atoms with Gasteiger partial charge in [0.1, 0.15) is 6.04 Å². The van der Waals surface area contributed by atoms with E-state index in [1.165, 1.54) is 4.90 Å². The van der Waals surface area contributed by atoms with Crippen LogP contribution in [0.2, 0.25) is 0 Å². The minimum absolute atomic E-state index is 0.00973. The van der Waals surface area contributed by atoms with Crippen LogP contribution in [-0.4, -0.2) is 43.1 Å². The summed E-state index contributed by atoms with van der Waals surface area (Å²) in [6, 6.07) is 11.6. The van der Waals surface area contributed by atoms with Crippen molar-refractivity contribution in [2.24, 2.45) is 5.92 Å². The van der Waals surface area contributed by atoms with Crippen LogP contribution < -0.4 is 9.80 Å². The van der Waals surface area contributed by atoms with Crippen LogP contribution in [-0.2, 0) is 23.9 Å². The Morgan fingerprint density at radius 1 is 0.812 bits per heavy atom. The number of rotatable bonds is 7. The van der Waals surface area contributed by atoms with Crippen molar-refractivity contribution in [2.45, 2.75) is 33.7 Å². The number of urea groups is 1. The first-order valence-corrected chi connectivity index (χ1v) is 10.4. The van der Waals surface area contributed by atoms with E-state index in [-0.39, 0.29) is 13.2 Å². The fourth-order valence-electron chi connectivity index (χ4n) is 3.58. The lowest BCUT2D eigenvalue weighted by Crippen LogP contribution is -2.49. The van der Waals surface area contributed by atoms with E-state index in [0.717, 1.165) is 16.0 Å². The molecule has 1 heterocycles. The van der Waals surface area contributed by atoms with Crippen molar-refractivity contribution in [2.75, 3.05) is 23.0 Å². The van der Waals surface area contributed by atoms with Gasteiger partial charge in [-0.25, -0.2) is 9.69 Å². The number of carbonyl (C=O) groups is 4. The lowest BCUT2D eigenvalue weighted by atomic mass is 9.97. The molecule has 1 fully saturated rings. The van der Waals surface area contributed by atoms with Crippen LogP contribution in [0, 0.1) is 19.8 Å². The van der Waals surface area contributed by atoms with Gasteiger partial charge in [-0.2, -0.15) is 0 Å². The Balaban J connectivity index is 2.15. The summed E-state index contributed by atoms with van der Waals surface area (Å²) in [5, 5.41) is 0. The van der Waals surface area contributed by atoms with Crippen molar-refractivity contribution in [1.29, 1.82) is 0 Å². The Kier molecular flexibility index (Phi) is 6.92. The van der Waals surface area contributed by atoms with E-state index >= 15 is 0 Å². The number of hydrogen-bond donors (Lipinski definition) is 0. The van der Waals surface area contributed by atoms with Crippen LogP contribution >= 0.6 is 0 Å². The molecule has 0 aromatic heterocycles. The molecule has 2 aromatic carbocycles. The van der Waals surface area contributed by atoms with Crippen LogP contribution in [0.3, 0.4) is 0 Å². The van der Waals surface area contributed by atoms with Gasteiger partial charge >= 0.3 is 18.0 Å². The molecule has 8 heteroatoms. The Bertz CT molecular complexity index is 998.